The Labute approximate surface area is 211 Å². The zero-order valence-electron chi connectivity index (χ0n) is 18.7. The summed E-state index contributed by atoms with van der Waals surface area (Å²) in [5.74, 6) is 1.31. The summed E-state index contributed by atoms with van der Waals surface area (Å²) in [5.41, 5.74) is 4.22. The van der Waals surface area contributed by atoms with E-state index in [-0.39, 0.29) is 5.91 Å². The predicted molar refractivity (Wildman–Crippen MR) is 146 cm³/mol. The molecule has 2 heterocycles. The SMILES string of the molecule is O=C1C(=Cc2ccc(-c3ccc(Br)cc3)o2)C=C(c2ccccc2)N1c1ccc2ccccc2c1. The molecule has 0 bridgehead atoms. The number of hydrogen-bond donors (Lipinski definition) is 0. The third-order valence-electron chi connectivity index (χ3n) is 6.10. The van der Waals surface area contributed by atoms with Gasteiger partial charge >= 0.3 is 0 Å². The molecule has 0 radical (unpaired) electrons. The van der Waals surface area contributed by atoms with Crippen LogP contribution in [0.15, 0.2) is 130 Å². The molecule has 6 rings (SSSR count). The van der Waals surface area contributed by atoms with Crippen molar-refractivity contribution in [2.75, 3.05) is 4.90 Å². The predicted octanol–water partition coefficient (Wildman–Crippen LogP) is 8.33. The van der Waals surface area contributed by atoms with Crippen molar-refractivity contribution in [1.82, 2.24) is 0 Å². The van der Waals surface area contributed by atoms with Crippen LogP contribution in [0.5, 0.6) is 0 Å². The smallest absolute Gasteiger partial charge is 0.263 e. The summed E-state index contributed by atoms with van der Waals surface area (Å²) in [5, 5.41) is 2.23. The number of nitrogens with zero attached hydrogens (tertiary/aromatic N) is 1. The summed E-state index contributed by atoms with van der Waals surface area (Å²) in [7, 11) is 0. The highest BCUT2D eigenvalue weighted by atomic mass is 79.9. The van der Waals surface area contributed by atoms with Gasteiger partial charge in [-0.1, -0.05) is 88.7 Å². The molecular formula is C31H20BrNO2. The second kappa shape index (κ2) is 8.90. The Bertz CT molecular complexity index is 1610. The summed E-state index contributed by atoms with van der Waals surface area (Å²) >= 11 is 3.46. The molecule has 0 saturated carbocycles. The summed E-state index contributed by atoms with van der Waals surface area (Å²) in [6, 6.07) is 36.0. The highest BCUT2D eigenvalue weighted by Crippen LogP contribution is 2.37. The lowest BCUT2D eigenvalue weighted by molar-refractivity contribution is -0.113. The van der Waals surface area contributed by atoms with Gasteiger partial charge < -0.3 is 4.42 Å². The second-order valence-electron chi connectivity index (χ2n) is 8.38. The minimum Gasteiger partial charge on any atom is -0.457 e. The third-order valence-corrected chi connectivity index (χ3v) is 6.63. The molecule has 0 atom stereocenters. The highest BCUT2D eigenvalue weighted by Gasteiger charge is 2.30. The van der Waals surface area contributed by atoms with Crippen molar-refractivity contribution in [2.24, 2.45) is 0 Å². The van der Waals surface area contributed by atoms with Crippen LogP contribution in [0.4, 0.5) is 5.69 Å². The van der Waals surface area contributed by atoms with Crippen LogP contribution in [-0.4, -0.2) is 5.91 Å². The number of amides is 1. The van der Waals surface area contributed by atoms with Gasteiger partial charge in [-0.2, -0.15) is 0 Å². The maximum Gasteiger partial charge on any atom is 0.263 e. The lowest BCUT2D eigenvalue weighted by Gasteiger charge is -2.21. The number of carbonyl (C=O) groups excluding carboxylic acids is 1. The Balaban J connectivity index is 1.41. The lowest BCUT2D eigenvalue weighted by Crippen LogP contribution is -2.24. The first kappa shape index (κ1) is 21.4. The number of furan rings is 1. The Kier molecular flexibility index (Phi) is 5.44. The van der Waals surface area contributed by atoms with Gasteiger partial charge in [-0.05, 0) is 64.9 Å². The number of benzene rings is 4. The molecule has 1 aliphatic rings. The van der Waals surface area contributed by atoms with Gasteiger partial charge in [-0.25, -0.2) is 0 Å². The molecule has 4 heteroatoms. The molecule has 4 aromatic carbocycles. The van der Waals surface area contributed by atoms with Crippen molar-refractivity contribution < 1.29 is 9.21 Å². The monoisotopic (exact) mass is 517 g/mol. The van der Waals surface area contributed by atoms with Gasteiger partial charge in [0.2, 0.25) is 0 Å². The molecule has 1 amide bonds. The molecule has 1 aromatic heterocycles. The van der Waals surface area contributed by atoms with E-state index in [2.05, 4.69) is 40.2 Å². The van der Waals surface area contributed by atoms with Crippen LogP contribution in [0.25, 0.3) is 33.9 Å². The number of rotatable bonds is 4. The van der Waals surface area contributed by atoms with Crippen LogP contribution in [0.1, 0.15) is 11.3 Å². The molecule has 0 saturated heterocycles. The van der Waals surface area contributed by atoms with Crippen molar-refractivity contribution in [1.29, 1.82) is 0 Å². The maximum absolute atomic E-state index is 13.7. The van der Waals surface area contributed by atoms with E-state index >= 15 is 0 Å². The standard InChI is InChI=1S/C31H20BrNO2/c32-26-13-10-23(11-14-26)30-17-16-28(35-30)19-25-20-29(22-7-2-1-3-8-22)33(31(25)34)27-15-12-21-6-4-5-9-24(21)18-27/h1-20H. The normalized spacial score (nSPS) is 14.7. The van der Waals surface area contributed by atoms with Gasteiger partial charge in [0.05, 0.1) is 5.70 Å². The van der Waals surface area contributed by atoms with E-state index in [0.29, 0.717) is 11.3 Å². The van der Waals surface area contributed by atoms with Gasteiger partial charge in [0.1, 0.15) is 11.5 Å². The zero-order chi connectivity index (χ0) is 23.8. The zero-order valence-corrected chi connectivity index (χ0v) is 20.3. The van der Waals surface area contributed by atoms with E-state index in [1.807, 2.05) is 97.1 Å². The minimum atomic E-state index is -0.0827. The van der Waals surface area contributed by atoms with Crippen LogP contribution in [0.2, 0.25) is 0 Å². The molecule has 1 aliphatic heterocycles. The van der Waals surface area contributed by atoms with Crippen molar-refractivity contribution in [2.45, 2.75) is 0 Å². The third kappa shape index (κ3) is 4.13. The fraction of sp³-hybridized carbons (Fsp3) is 0. The summed E-state index contributed by atoms with van der Waals surface area (Å²) < 4.78 is 7.08. The highest BCUT2D eigenvalue weighted by molar-refractivity contribution is 9.10. The number of halogens is 1. The average Bonchev–Trinajstić information content (AvgIpc) is 3.49. The Morgan fingerprint density at radius 3 is 2.26 bits per heavy atom. The Morgan fingerprint density at radius 1 is 0.714 bits per heavy atom. The Hall–Kier alpha value is -4.15. The molecular weight excluding hydrogens is 498 g/mol. The van der Waals surface area contributed by atoms with E-state index in [1.54, 1.807) is 4.90 Å². The topological polar surface area (TPSA) is 33.5 Å². The largest absolute Gasteiger partial charge is 0.457 e. The lowest BCUT2D eigenvalue weighted by atomic mass is 10.1. The quantitative estimate of drug-likeness (QED) is 0.224. The molecule has 0 fully saturated rings. The average molecular weight is 518 g/mol. The van der Waals surface area contributed by atoms with Crippen molar-refractivity contribution in [3.05, 3.63) is 137 Å². The summed E-state index contributed by atoms with van der Waals surface area (Å²) in [6.45, 7) is 0. The van der Waals surface area contributed by atoms with E-state index in [0.717, 1.165) is 43.5 Å². The van der Waals surface area contributed by atoms with Crippen LogP contribution in [0.3, 0.4) is 0 Å². The van der Waals surface area contributed by atoms with Crippen LogP contribution >= 0.6 is 15.9 Å². The number of hydrogen-bond acceptors (Lipinski definition) is 2. The van der Waals surface area contributed by atoms with E-state index < -0.39 is 0 Å². The van der Waals surface area contributed by atoms with Crippen LogP contribution in [0, 0.1) is 0 Å². The van der Waals surface area contributed by atoms with Crippen molar-refractivity contribution in [3.8, 4) is 11.3 Å². The van der Waals surface area contributed by atoms with Crippen molar-refractivity contribution in [3.63, 3.8) is 0 Å². The minimum absolute atomic E-state index is 0.0827. The van der Waals surface area contributed by atoms with Crippen molar-refractivity contribution >= 4 is 50.1 Å². The molecule has 0 aliphatic carbocycles. The Morgan fingerprint density at radius 2 is 1.46 bits per heavy atom. The van der Waals surface area contributed by atoms with E-state index in [1.165, 1.54) is 0 Å². The number of anilines is 1. The molecule has 3 nitrogen and oxygen atoms in total. The molecule has 168 valence electrons. The van der Waals surface area contributed by atoms with Crippen LogP contribution in [-0.2, 0) is 4.79 Å². The molecule has 0 N–H and O–H groups in total. The molecule has 5 aromatic rings. The number of carbonyl (C=O) groups is 1. The van der Waals surface area contributed by atoms with Gasteiger partial charge in [-0.3, -0.25) is 9.69 Å². The van der Waals surface area contributed by atoms with E-state index in [4.69, 9.17) is 4.42 Å². The molecule has 0 spiro atoms. The fourth-order valence-electron chi connectivity index (χ4n) is 4.36. The first-order chi connectivity index (χ1) is 17.2. The fourth-order valence-corrected chi connectivity index (χ4v) is 4.63. The maximum atomic E-state index is 13.7. The van der Waals surface area contributed by atoms with Gasteiger partial charge in [0.15, 0.2) is 0 Å². The summed E-state index contributed by atoms with van der Waals surface area (Å²) in [6.07, 6.45) is 3.75. The molecule has 0 unspecified atom stereocenters. The van der Waals surface area contributed by atoms with Crippen LogP contribution < -0.4 is 4.90 Å². The second-order valence-corrected chi connectivity index (χ2v) is 9.29. The van der Waals surface area contributed by atoms with E-state index in [9.17, 15) is 4.79 Å². The first-order valence-corrected chi connectivity index (χ1v) is 12.1. The van der Waals surface area contributed by atoms with Gasteiger partial charge in [0, 0.05) is 21.3 Å². The first-order valence-electron chi connectivity index (χ1n) is 11.3. The van der Waals surface area contributed by atoms with Gasteiger partial charge in [0.25, 0.3) is 5.91 Å². The molecule has 35 heavy (non-hydrogen) atoms. The van der Waals surface area contributed by atoms with Gasteiger partial charge in [-0.15, -0.1) is 0 Å². The summed E-state index contributed by atoms with van der Waals surface area (Å²) in [4.78, 5) is 15.5. The number of fused-ring (bicyclic) bond motifs is 1.